The van der Waals surface area contributed by atoms with E-state index in [1.165, 1.54) is 38.0 Å². The van der Waals surface area contributed by atoms with Gasteiger partial charge in [-0.05, 0) is 44.9 Å². The van der Waals surface area contributed by atoms with Gasteiger partial charge in [0.15, 0.2) is 5.96 Å². The van der Waals surface area contributed by atoms with E-state index in [2.05, 4.69) is 46.5 Å². The molecule has 1 aromatic carbocycles. The summed E-state index contributed by atoms with van der Waals surface area (Å²) in [6.07, 6.45) is 6.08. The number of nitrogens with one attached hydrogen (secondary N) is 2. The molecule has 6 nitrogen and oxygen atoms in total. The van der Waals surface area contributed by atoms with Crippen LogP contribution in [0, 0.1) is 0 Å². The minimum Gasteiger partial charge on any atom is -0.496 e. The molecule has 0 saturated carbocycles. The van der Waals surface area contributed by atoms with Gasteiger partial charge in [-0.2, -0.15) is 0 Å². The van der Waals surface area contributed by atoms with Gasteiger partial charge >= 0.3 is 0 Å². The molecule has 2 N–H and O–H groups in total. The summed E-state index contributed by atoms with van der Waals surface area (Å²) in [5, 5.41) is 7.03. The van der Waals surface area contributed by atoms with E-state index in [0.29, 0.717) is 12.6 Å². The van der Waals surface area contributed by atoms with Crippen LogP contribution in [0.2, 0.25) is 0 Å². The van der Waals surface area contributed by atoms with Gasteiger partial charge in [-0.15, -0.1) is 24.0 Å². The molecule has 1 saturated heterocycles. The molecule has 29 heavy (non-hydrogen) atoms. The average molecular weight is 516 g/mol. The summed E-state index contributed by atoms with van der Waals surface area (Å²) >= 11 is 0. The maximum Gasteiger partial charge on any atom is 0.191 e. The highest BCUT2D eigenvalue weighted by Crippen LogP contribution is 2.34. The van der Waals surface area contributed by atoms with Gasteiger partial charge in [-0.3, -0.25) is 4.99 Å². The van der Waals surface area contributed by atoms with Crippen molar-refractivity contribution in [1.82, 2.24) is 15.5 Å². The van der Waals surface area contributed by atoms with E-state index in [4.69, 9.17) is 9.47 Å². The zero-order valence-electron chi connectivity index (χ0n) is 18.3. The molecule has 0 radical (unpaired) electrons. The lowest BCUT2D eigenvalue weighted by molar-refractivity contribution is 0.203. The van der Waals surface area contributed by atoms with E-state index in [0.717, 1.165) is 42.3 Å². The molecule has 0 amide bonds. The van der Waals surface area contributed by atoms with E-state index >= 15 is 0 Å². The lowest BCUT2D eigenvalue weighted by Crippen LogP contribution is -2.48. The van der Waals surface area contributed by atoms with Crippen molar-refractivity contribution in [3.05, 3.63) is 23.3 Å². The highest BCUT2D eigenvalue weighted by atomic mass is 127. The quantitative estimate of drug-likeness (QED) is 0.330. The summed E-state index contributed by atoms with van der Waals surface area (Å²) in [5.74, 6) is 2.74. The van der Waals surface area contributed by atoms with Gasteiger partial charge < -0.3 is 25.0 Å². The Balaban J connectivity index is 0.00000300. The van der Waals surface area contributed by atoms with Crippen molar-refractivity contribution in [2.24, 2.45) is 4.99 Å². The van der Waals surface area contributed by atoms with Gasteiger partial charge in [0.05, 0.1) is 7.11 Å². The van der Waals surface area contributed by atoms with Crippen LogP contribution in [0.15, 0.2) is 17.1 Å². The van der Waals surface area contributed by atoms with Crippen molar-refractivity contribution in [3.63, 3.8) is 0 Å². The van der Waals surface area contributed by atoms with Crippen LogP contribution in [0.5, 0.6) is 11.5 Å². The summed E-state index contributed by atoms with van der Waals surface area (Å²) in [4.78, 5) is 6.99. The Kier molecular flexibility index (Phi) is 9.82. The van der Waals surface area contributed by atoms with Crippen molar-refractivity contribution in [3.8, 4) is 11.5 Å². The minimum absolute atomic E-state index is 0. The molecule has 164 valence electrons. The molecule has 0 spiro atoms. The molecule has 7 heteroatoms. The van der Waals surface area contributed by atoms with Crippen LogP contribution < -0.4 is 20.1 Å². The molecule has 2 aliphatic rings. The number of benzene rings is 1. The number of methoxy groups -OCH3 is 1. The number of hydrogen-bond acceptors (Lipinski definition) is 4. The smallest absolute Gasteiger partial charge is 0.191 e. The minimum atomic E-state index is 0. The molecule has 2 aliphatic heterocycles. The monoisotopic (exact) mass is 516 g/mol. The number of rotatable bonds is 7. The van der Waals surface area contributed by atoms with Gasteiger partial charge in [0.1, 0.15) is 17.6 Å². The van der Waals surface area contributed by atoms with Gasteiger partial charge in [-0.1, -0.05) is 13.3 Å². The molecule has 2 heterocycles. The zero-order valence-corrected chi connectivity index (χ0v) is 20.6. The molecule has 0 aromatic heterocycles. The summed E-state index contributed by atoms with van der Waals surface area (Å²) in [7, 11) is 3.56. The van der Waals surface area contributed by atoms with Gasteiger partial charge in [0.25, 0.3) is 0 Å². The average Bonchev–Trinajstić information content (AvgIpc) is 3.08. The first kappa shape index (κ1) is 24.1. The SMILES string of the molecule is CCCCN1CCC(NC(=NC)NCc2cc3c(cc2OC)CC(C)O3)CC1.I. The van der Waals surface area contributed by atoms with Crippen LogP contribution in [0.3, 0.4) is 0 Å². The molecule has 1 aromatic rings. The molecule has 0 bridgehead atoms. The van der Waals surface area contributed by atoms with Crippen LogP contribution in [0.25, 0.3) is 0 Å². The van der Waals surface area contributed by atoms with Gasteiger partial charge in [0, 0.05) is 50.3 Å². The fourth-order valence-electron chi connectivity index (χ4n) is 4.06. The highest BCUT2D eigenvalue weighted by Gasteiger charge is 2.22. The van der Waals surface area contributed by atoms with E-state index in [-0.39, 0.29) is 30.1 Å². The van der Waals surface area contributed by atoms with Gasteiger partial charge in [-0.25, -0.2) is 0 Å². The molecular formula is C22H37IN4O2. The van der Waals surface area contributed by atoms with Crippen molar-refractivity contribution in [1.29, 1.82) is 0 Å². The first-order chi connectivity index (χ1) is 13.6. The normalized spacial score (nSPS) is 19.9. The topological polar surface area (TPSA) is 58.1 Å². The summed E-state index contributed by atoms with van der Waals surface area (Å²) in [6.45, 7) is 8.58. The molecule has 1 unspecified atom stereocenters. The lowest BCUT2D eigenvalue weighted by Gasteiger charge is -2.33. The van der Waals surface area contributed by atoms with Crippen molar-refractivity contribution in [2.75, 3.05) is 33.8 Å². The number of halogens is 1. The second kappa shape index (κ2) is 11.8. The number of likely N-dealkylation sites (tertiary alicyclic amines) is 1. The molecule has 0 aliphatic carbocycles. The fourth-order valence-corrected chi connectivity index (χ4v) is 4.06. The molecular weight excluding hydrogens is 479 g/mol. The van der Waals surface area contributed by atoms with E-state index in [1.54, 1.807) is 7.11 Å². The van der Waals surface area contributed by atoms with Crippen molar-refractivity contribution in [2.45, 2.75) is 64.6 Å². The second-order valence-electron chi connectivity index (χ2n) is 7.94. The fraction of sp³-hybridized carbons (Fsp3) is 0.682. The van der Waals surface area contributed by atoms with Crippen molar-refractivity contribution < 1.29 is 9.47 Å². The number of unbranched alkanes of at least 4 members (excludes halogenated alkanes) is 1. The Hall–Kier alpha value is -1.22. The van der Waals surface area contributed by atoms with Crippen LogP contribution in [0.1, 0.15) is 50.7 Å². The van der Waals surface area contributed by atoms with Crippen LogP contribution in [-0.4, -0.2) is 56.8 Å². The molecule has 1 atom stereocenters. The predicted octanol–water partition coefficient (Wildman–Crippen LogP) is 3.57. The van der Waals surface area contributed by atoms with E-state index < -0.39 is 0 Å². The third-order valence-corrected chi connectivity index (χ3v) is 5.73. The second-order valence-corrected chi connectivity index (χ2v) is 7.94. The first-order valence-corrected chi connectivity index (χ1v) is 10.7. The first-order valence-electron chi connectivity index (χ1n) is 10.7. The zero-order chi connectivity index (χ0) is 19.9. The Bertz CT molecular complexity index is 675. The summed E-state index contributed by atoms with van der Waals surface area (Å²) < 4.78 is 11.5. The van der Waals surface area contributed by atoms with Crippen LogP contribution in [0.4, 0.5) is 0 Å². The lowest BCUT2D eigenvalue weighted by atomic mass is 10.0. The Morgan fingerprint density at radius 1 is 1.31 bits per heavy atom. The maximum atomic E-state index is 5.91. The van der Waals surface area contributed by atoms with Gasteiger partial charge in [0.2, 0.25) is 0 Å². The van der Waals surface area contributed by atoms with Crippen molar-refractivity contribution >= 4 is 29.9 Å². The predicted molar refractivity (Wildman–Crippen MR) is 130 cm³/mol. The highest BCUT2D eigenvalue weighted by molar-refractivity contribution is 14.0. The number of ether oxygens (including phenoxy) is 2. The van der Waals surface area contributed by atoms with E-state index in [1.807, 2.05) is 7.05 Å². The standard InChI is InChI=1S/C22H36N4O2.HI/c1-5-6-9-26-10-7-19(8-11-26)25-22(23-3)24-15-18-14-21-17(12-16(2)28-21)13-20(18)27-4;/h13-14,16,19H,5-12,15H2,1-4H3,(H2,23,24,25);1H. The number of hydrogen-bond donors (Lipinski definition) is 2. The third-order valence-electron chi connectivity index (χ3n) is 5.73. The number of guanidine groups is 1. The number of nitrogens with zero attached hydrogens (tertiary/aromatic N) is 2. The molecule has 3 rings (SSSR count). The summed E-state index contributed by atoms with van der Waals surface area (Å²) in [5.41, 5.74) is 2.32. The van der Waals surface area contributed by atoms with Crippen LogP contribution in [-0.2, 0) is 13.0 Å². The Labute approximate surface area is 192 Å². The molecule has 1 fully saturated rings. The number of aliphatic imine (C=N–C) groups is 1. The maximum absolute atomic E-state index is 5.91. The number of piperidine rings is 1. The largest absolute Gasteiger partial charge is 0.496 e. The third kappa shape index (κ3) is 6.64. The Morgan fingerprint density at radius 2 is 2.07 bits per heavy atom. The van der Waals surface area contributed by atoms with Crippen LogP contribution >= 0.6 is 24.0 Å². The Morgan fingerprint density at radius 3 is 2.72 bits per heavy atom. The van der Waals surface area contributed by atoms with E-state index in [9.17, 15) is 0 Å². The summed E-state index contributed by atoms with van der Waals surface area (Å²) in [6, 6.07) is 4.69. The number of fused-ring (bicyclic) bond motifs is 1.